The Morgan fingerprint density at radius 3 is 3.20 bits per heavy atom. The molecule has 108 valence electrons. The van der Waals surface area contributed by atoms with Crippen molar-refractivity contribution in [1.29, 1.82) is 0 Å². The van der Waals surface area contributed by atoms with E-state index in [0.717, 1.165) is 13.0 Å². The molecule has 20 heavy (non-hydrogen) atoms. The summed E-state index contributed by atoms with van der Waals surface area (Å²) in [6, 6.07) is 0. The van der Waals surface area contributed by atoms with E-state index < -0.39 is 0 Å². The fourth-order valence-corrected chi connectivity index (χ4v) is 2.37. The van der Waals surface area contributed by atoms with Crippen LogP contribution in [0.4, 0.5) is 0 Å². The summed E-state index contributed by atoms with van der Waals surface area (Å²) in [6.45, 7) is 4.99. The highest BCUT2D eigenvalue weighted by Crippen LogP contribution is 2.08. The number of fused-ring (bicyclic) bond motifs is 1. The van der Waals surface area contributed by atoms with E-state index in [1.165, 1.54) is 0 Å². The molecule has 7 nitrogen and oxygen atoms in total. The van der Waals surface area contributed by atoms with Gasteiger partial charge in [-0.1, -0.05) is 0 Å². The van der Waals surface area contributed by atoms with Crippen LogP contribution in [0.15, 0.2) is 17.3 Å². The maximum absolute atomic E-state index is 12.4. The Kier molecular flexibility index (Phi) is 3.79. The topological polar surface area (TPSA) is 71.2 Å². The van der Waals surface area contributed by atoms with E-state index in [9.17, 15) is 4.79 Å². The largest absolute Gasteiger partial charge is 0.379 e. The molecule has 1 atom stereocenters. The van der Waals surface area contributed by atoms with Crippen molar-refractivity contribution in [3.05, 3.63) is 22.9 Å². The Morgan fingerprint density at radius 1 is 1.55 bits per heavy atom. The molecule has 1 saturated heterocycles. The second kappa shape index (κ2) is 5.72. The lowest BCUT2D eigenvalue weighted by Gasteiger charge is -2.10. The van der Waals surface area contributed by atoms with Gasteiger partial charge >= 0.3 is 0 Å². The first-order valence-corrected chi connectivity index (χ1v) is 6.90. The molecule has 0 aromatic carbocycles. The molecule has 0 N–H and O–H groups in total. The van der Waals surface area contributed by atoms with E-state index in [1.807, 2.05) is 6.92 Å². The highest BCUT2D eigenvalue weighted by molar-refractivity contribution is 5.72. The van der Waals surface area contributed by atoms with Gasteiger partial charge < -0.3 is 9.47 Å². The van der Waals surface area contributed by atoms with Gasteiger partial charge in [-0.15, -0.1) is 0 Å². The van der Waals surface area contributed by atoms with Gasteiger partial charge in [0.1, 0.15) is 5.52 Å². The second-order valence-electron chi connectivity index (χ2n) is 4.79. The maximum atomic E-state index is 12.4. The second-order valence-corrected chi connectivity index (χ2v) is 4.79. The Bertz CT molecular complexity index is 643. The van der Waals surface area contributed by atoms with Crippen molar-refractivity contribution < 1.29 is 9.47 Å². The van der Waals surface area contributed by atoms with Gasteiger partial charge in [0.05, 0.1) is 38.4 Å². The van der Waals surface area contributed by atoms with Gasteiger partial charge in [0.15, 0.2) is 5.52 Å². The van der Waals surface area contributed by atoms with E-state index in [0.29, 0.717) is 37.3 Å². The minimum absolute atomic E-state index is 0.0689. The van der Waals surface area contributed by atoms with Crippen molar-refractivity contribution in [2.75, 3.05) is 19.8 Å². The first kappa shape index (κ1) is 13.3. The van der Waals surface area contributed by atoms with Gasteiger partial charge in [-0.2, -0.15) is 5.10 Å². The van der Waals surface area contributed by atoms with Crippen molar-refractivity contribution in [2.24, 2.45) is 0 Å². The summed E-state index contributed by atoms with van der Waals surface area (Å²) in [4.78, 5) is 16.6. The van der Waals surface area contributed by atoms with E-state index >= 15 is 0 Å². The van der Waals surface area contributed by atoms with Crippen LogP contribution in [0, 0.1) is 0 Å². The van der Waals surface area contributed by atoms with Crippen LogP contribution < -0.4 is 5.56 Å². The zero-order valence-corrected chi connectivity index (χ0v) is 11.5. The van der Waals surface area contributed by atoms with Gasteiger partial charge in [0.25, 0.3) is 5.56 Å². The molecular formula is C13H18N4O3. The number of aromatic nitrogens is 4. The molecule has 2 aromatic heterocycles. The van der Waals surface area contributed by atoms with Crippen LogP contribution in [0.1, 0.15) is 13.3 Å². The van der Waals surface area contributed by atoms with Crippen LogP contribution in [0.25, 0.3) is 11.0 Å². The molecule has 1 fully saturated rings. The molecule has 1 unspecified atom stereocenters. The van der Waals surface area contributed by atoms with Crippen molar-refractivity contribution >= 4 is 11.0 Å². The van der Waals surface area contributed by atoms with Crippen molar-refractivity contribution in [3.8, 4) is 0 Å². The molecule has 2 aromatic rings. The average Bonchev–Trinajstić information content (AvgIpc) is 3.10. The number of hydrogen-bond acceptors (Lipinski definition) is 5. The summed E-state index contributed by atoms with van der Waals surface area (Å²) in [5.74, 6) is 0. The minimum Gasteiger partial charge on any atom is -0.379 e. The van der Waals surface area contributed by atoms with Crippen molar-refractivity contribution in [3.63, 3.8) is 0 Å². The molecule has 3 heterocycles. The van der Waals surface area contributed by atoms with Gasteiger partial charge in [0.2, 0.25) is 0 Å². The minimum atomic E-state index is -0.0689. The smallest absolute Gasteiger partial charge is 0.279 e. The zero-order chi connectivity index (χ0) is 13.9. The Balaban J connectivity index is 1.74. The summed E-state index contributed by atoms with van der Waals surface area (Å²) in [5.41, 5.74) is 1.12. The number of ether oxygens (including phenoxy) is 2. The highest BCUT2D eigenvalue weighted by atomic mass is 16.5. The Morgan fingerprint density at radius 2 is 2.45 bits per heavy atom. The molecule has 0 spiro atoms. The van der Waals surface area contributed by atoms with Crippen molar-refractivity contribution in [2.45, 2.75) is 32.5 Å². The van der Waals surface area contributed by atoms with Crippen molar-refractivity contribution in [1.82, 2.24) is 19.3 Å². The lowest BCUT2D eigenvalue weighted by atomic mass is 10.3. The van der Waals surface area contributed by atoms with Crippen LogP contribution >= 0.6 is 0 Å². The zero-order valence-electron chi connectivity index (χ0n) is 11.5. The normalized spacial score (nSPS) is 18.9. The third-order valence-corrected chi connectivity index (χ3v) is 3.49. The summed E-state index contributed by atoms with van der Waals surface area (Å²) >= 11 is 0. The van der Waals surface area contributed by atoms with E-state index in [4.69, 9.17) is 9.47 Å². The third kappa shape index (κ3) is 2.46. The number of aryl methyl sites for hydroxylation is 1. The first-order chi connectivity index (χ1) is 9.79. The summed E-state index contributed by atoms with van der Waals surface area (Å²) in [6.07, 6.45) is 4.26. The predicted octanol–water partition coefficient (Wildman–Crippen LogP) is 0.418. The molecule has 7 heteroatoms. The Labute approximate surface area is 116 Å². The number of hydrogen-bond donors (Lipinski definition) is 0. The first-order valence-electron chi connectivity index (χ1n) is 6.90. The lowest BCUT2D eigenvalue weighted by molar-refractivity contribution is 0.0380. The predicted molar refractivity (Wildman–Crippen MR) is 72.6 cm³/mol. The quantitative estimate of drug-likeness (QED) is 0.792. The third-order valence-electron chi connectivity index (χ3n) is 3.49. The fourth-order valence-electron chi connectivity index (χ4n) is 2.37. The SMILES string of the molecule is CCn1ncc2ncn(CCOC3CCOC3)c(=O)c21. The molecular weight excluding hydrogens is 260 g/mol. The lowest BCUT2D eigenvalue weighted by Crippen LogP contribution is -2.26. The van der Waals surface area contributed by atoms with E-state index in [2.05, 4.69) is 10.1 Å². The molecule has 0 amide bonds. The molecule has 1 aliphatic heterocycles. The van der Waals surface area contributed by atoms with Crippen LogP contribution in [-0.2, 0) is 22.6 Å². The summed E-state index contributed by atoms with van der Waals surface area (Å²) < 4.78 is 14.2. The number of rotatable bonds is 5. The van der Waals surface area contributed by atoms with Crippen LogP contribution in [-0.4, -0.2) is 45.3 Å². The highest BCUT2D eigenvalue weighted by Gasteiger charge is 2.16. The summed E-state index contributed by atoms with van der Waals surface area (Å²) in [7, 11) is 0. The maximum Gasteiger partial charge on any atom is 0.279 e. The standard InChI is InChI=1S/C13H18N4O3/c1-2-17-12-11(7-15-17)14-9-16(13(12)18)4-6-20-10-3-5-19-8-10/h7,9-10H,2-6,8H2,1H3. The van der Waals surface area contributed by atoms with Gasteiger partial charge in [-0.3, -0.25) is 14.0 Å². The van der Waals surface area contributed by atoms with Crippen LogP contribution in [0.2, 0.25) is 0 Å². The molecule has 0 saturated carbocycles. The Hall–Kier alpha value is -1.73. The average molecular weight is 278 g/mol. The summed E-state index contributed by atoms with van der Waals surface area (Å²) in [5, 5.41) is 4.15. The molecule has 0 aliphatic carbocycles. The molecule has 0 bridgehead atoms. The van der Waals surface area contributed by atoms with E-state index in [-0.39, 0.29) is 11.7 Å². The van der Waals surface area contributed by atoms with Gasteiger partial charge in [-0.05, 0) is 13.3 Å². The van der Waals surface area contributed by atoms with Crippen LogP contribution in [0.3, 0.4) is 0 Å². The number of nitrogens with zero attached hydrogens (tertiary/aromatic N) is 4. The van der Waals surface area contributed by atoms with E-state index in [1.54, 1.807) is 21.8 Å². The monoisotopic (exact) mass is 278 g/mol. The fraction of sp³-hybridized carbons (Fsp3) is 0.615. The van der Waals surface area contributed by atoms with Crippen LogP contribution in [0.5, 0.6) is 0 Å². The van der Waals surface area contributed by atoms with Gasteiger partial charge in [0, 0.05) is 13.2 Å². The molecule has 3 rings (SSSR count). The molecule has 0 radical (unpaired) electrons. The molecule has 1 aliphatic rings. The van der Waals surface area contributed by atoms with Gasteiger partial charge in [-0.25, -0.2) is 4.98 Å².